The Balaban J connectivity index is 1.51. The number of amides is 3. The maximum atomic E-state index is 12.5. The van der Waals surface area contributed by atoms with E-state index in [1.165, 1.54) is 11.3 Å². The molecule has 3 rings (SSSR count). The second-order valence-corrected chi connectivity index (χ2v) is 8.83. The van der Waals surface area contributed by atoms with Gasteiger partial charge in [0.2, 0.25) is 11.0 Å². The molecular formula is C22H22BrN5O3S. The van der Waals surface area contributed by atoms with Crippen molar-refractivity contribution in [1.29, 1.82) is 0 Å². The van der Waals surface area contributed by atoms with Crippen LogP contribution in [0.25, 0.3) is 0 Å². The van der Waals surface area contributed by atoms with E-state index in [4.69, 9.17) is 0 Å². The molecule has 3 N–H and O–H groups in total. The van der Waals surface area contributed by atoms with E-state index in [1.807, 2.05) is 13.0 Å². The molecule has 0 bridgehead atoms. The Morgan fingerprint density at radius 3 is 2.47 bits per heavy atom. The lowest BCUT2D eigenvalue weighted by atomic mass is 10.2. The summed E-state index contributed by atoms with van der Waals surface area (Å²) < 4.78 is 0.837. The zero-order valence-electron chi connectivity index (χ0n) is 17.4. The highest BCUT2D eigenvalue weighted by atomic mass is 79.9. The van der Waals surface area contributed by atoms with E-state index >= 15 is 0 Å². The Morgan fingerprint density at radius 1 is 0.969 bits per heavy atom. The van der Waals surface area contributed by atoms with E-state index in [9.17, 15) is 14.4 Å². The Kier molecular flexibility index (Phi) is 8.46. The van der Waals surface area contributed by atoms with E-state index in [0.717, 1.165) is 10.9 Å². The molecule has 10 heteroatoms. The number of halogens is 1. The fourth-order valence-electron chi connectivity index (χ4n) is 2.78. The van der Waals surface area contributed by atoms with Crippen molar-refractivity contribution < 1.29 is 14.4 Å². The molecule has 1 aromatic heterocycles. The molecular weight excluding hydrogens is 494 g/mol. The first kappa shape index (κ1) is 23.6. The van der Waals surface area contributed by atoms with Crippen LogP contribution in [0.2, 0.25) is 0 Å². The number of rotatable bonds is 9. The number of nitrogens with one attached hydrogen (secondary N) is 3. The number of carbonyl (C=O) groups excluding carboxylic acids is 3. The Labute approximate surface area is 198 Å². The zero-order valence-corrected chi connectivity index (χ0v) is 19.8. The summed E-state index contributed by atoms with van der Waals surface area (Å²) in [6, 6.07) is 13.8. The number of nitrogens with zero attached hydrogens (tertiary/aromatic N) is 2. The van der Waals surface area contributed by atoms with Crippen molar-refractivity contribution in [2.75, 3.05) is 17.2 Å². The molecule has 0 spiro atoms. The fourth-order valence-corrected chi connectivity index (χ4v) is 3.91. The molecule has 1 heterocycles. The van der Waals surface area contributed by atoms with Gasteiger partial charge in [-0.3, -0.25) is 19.7 Å². The monoisotopic (exact) mass is 515 g/mol. The number of aromatic nitrogens is 2. The van der Waals surface area contributed by atoms with Gasteiger partial charge in [0.25, 0.3) is 11.8 Å². The fraction of sp³-hybridized carbons (Fsp3) is 0.227. The zero-order chi connectivity index (χ0) is 22.9. The first-order valence-corrected chi connectivity index (χ1v) is 11.6. The molecule has 0 aliphatic carbocycles. The SMILES string of the molecule is CCCC(=O)Nc1cccc(C(=O)Nc2nnc(CCNC(=O)c3cccc(Br)c3)s2)c1. The van der Waals surface area contributed by atoms with Crippen LogP contribution in [0.4, 0.5) is 10.8 Å². The number of hydrogen-bond donors (Lipinski definition) is 3. The molecule has 0 unspecified atom stereocenters. The van der Waals surface area contributed by atoms with Crippen molar-refractivity contribution in [2.24, 2.45) is 0 Å². The predicted octanol–water partition coefficient (Wildman–Crippen LogP) is 4.26. The van der Waals surface area contributed by atoms with Gasteiger partial charge < -0.3 is 10.6 Å². The summed E-state index contributed by atoms with van der Waals surface area (Å²) in [7, 11) is 0. The average Bonchev–Trinajstić information content (AvgIpc) is 3.21. The highest BCUT2D eigenvalue weighted by Gasteiger charge is 2.12. The number of anilines is 2. The average molecular weight is 516 g/mol. The lowest BCUT2D eigenvalue weighted by Gasteiger charge is -2.06. The van der Waals surface area contributed by atoms with Crippen LogP contribution < -0.4 is 16.0 Å². The molecule has 0 aliphatic heterocycles. The topological polar surface area (TPSA) is 113 Å². The standard InChI is InChI=1S/C22H22BrN5O3S/c1-2-5-18(29)25-17-9-4-7-15(13-17)21(31)26-22-28-27-19(32-22)10-11-24-20(30)14-6-3-8-16(23)12-14/h3-4,6-9,12-13H,2,5,10-11H2,1H3,(H,24,30)(H,25,29)(H,26,28,31). The maximum Gasteiger partial charge on any atom is 0.257 e. The van der Waals surface area contributed by atoms with Crippen LogP contribution in [-0.2, 0) is 11.2 Å². The van der Waals surface area contributed by atoms with Gasteiger partial charge in [-0.25, -0.2) is 0 Å². The Hall–Kier alpha value is -3.11. The molecule has 0 atom stereocenters. The summed E-state index contributed by atoms with van der Waals surface area (Å²) in [6.45, 7) is 2.32. The quantitative estimate of drug-likeness (QED) is 0.393. The van der Waals surface area contributed by atoms with Crippen molar-refractivity contribution in [3.63, 3.8) is 0 Å². The molecule has 3 amide bonds. The number of hydrogen-bond acceptors (Lipinski definition) is 6. The predicted molar refractivity (Wildman–Crippen MR) is 128 cm³/mol. The van der Waals surface area contributed by atoms with Crippen molar-refractivity contribution in [1.82, 2.24) is 15.5 Å². The highest BCUT2D eigenvalue weighted by Crippen LogP contribution is 2.18. The van der Waals surface area contributed by atoms with E-state index in [-0.39, 0.29) is 17.7 Å². The van der Waals surface area contributed by atoms with Gasteiger partial charge in [-0.15, -0.1) is 10.2 Å². The van der Waals surface area contributed by atoms with Crippen LogP contribution in [0.3, 0.4) is 0 Å². The van der Waals surface area contributed by atoms with Crippen LogP contribution >= 0.6 is 27.3 Å². The summed E-state index contributed by atoms with van der Waals surface area (Å²) in [6.07, 6.45) is 1.67. The normalized spacial score (nSPS) is 10.4. The third-order valence-corrected chi connectivity index (χ3v) is 5.68. The molecule has 3 aromatic rings. The summed E-state index contributed by atoms with van der Waals surface area (Å²) >= 11 is 4.59. The molecule has 0 aliphatic rings. The van der Waals surface area contributed by atoms with E-state index in [2.05, 4.69) is 42.1 Å². The molecule has 0 saturated heterocycles. The molecule has 8 nitrogen and oxygen atoms in total. The van der Waals surface area contributed by atoms with Crippen molar-refractivity contribution in [3.05, 3.63) is 69.1 Å². The summed E-state index contributed by atoms with van der Waals surface area (Å²) in [5, 5.41) is 17.4. The van der Waals surface area contributed by atoms with Crippen LogP contribution in [0.1, 0.15) is 45.5 Å². The minimum absolute atomic E-state index is 0.0918. The summed E-state index contributed by atoms with van der Waals surface area (Å²) in [5.74, 6) is -0.608. The molecule has 32 heavy (non-hydrogen) atoms. The van der Waals surface area contributed by atoms with Gasteiger partial charge in [0.1, 0.15) is 5.01 Å². The van der Waals surface area contributed by atoms with E-state index in [0.29, 0.717) is 46.3 Å². The van der Waals surface area contributed by atoms with Gasteiger partial charge in [0.05, 0.1) is 0 Å². The molecule has 0 fully saturated rings. The second-order valence-electron chi connectivity index (χ2n) is 6.85. The summed E-state index contributed by atoms with van der Waals surface area (Å²) in [5.41, 5.74) is 1.53. The number of benzene rings is 2. The smallest absolute Gasteiger partial charge is 0.257 e. The first-order chi connectivity index (χ1) is 15.4. The lowest BCUT2D eigenvalue weighted by molar-refractivity contribution is -0.116. The Bertz CT molecular complexity index is 1120. The molecule has 2 aromatic carbocycles. The van der Waals surface area contributed by atoms with Crippen molar-refractivity contribution in [3.8, 4) is 0 Å². The van der Waals surface area contributed by atoms with Crippen LogP contribution in [-0.4, -0.2) is 34.5 Å². The third-order valence-electron chi connectivity index (χ3n) is 4.28. The highest BCUT2D eigenvalue weighted by molar-refractivity contribution is 9.10. The second kappa shape index (κ2) is 11.5. The van der Waals surface area contributed by atoms with Gasteiger partial charge in [-0.2, -0.15) is 0 Å². The minimum Gasteiger partial charge on any atom is -0.352 e. The lowest BCUT2D eigenvalue weighted by Crippen LogP contribution is -2.25. The number of carbonyl (C=O) groups is 3. The van der Waals surface area contributed by atoms with Crippen molar-refractivity contribution in [2.45, 2.75) is 26.2 Å². The third kappa shape index (κ3) is 6.96. The van der Waals surface area contributed by atoms with Crippen LogP contribution in [0.15, 0.2) is 53.0 Å². The van der Waals surface area contributed by atoms with Gasteiger partial charge >= 0.3 is 0 Å². The van der Waals surface area contributed by atoms with Crippen LogP contribution in [0, 0.1) is 0 Å². The van der Waals surface area contributed by atoms with Crippen molar-refractivity contribution >= 4 is 55.8 Å². The maximum absolute atomic E-state index is 12.5. The van der Waals surface area contributed by atoms with Gasteiger partial charge in [-0.1, -0.05) is 46.3 Å². The molecule has 0 saturated carbocycles. The first-order valence-electron chi connectivity index (χ1n) is 10.0. The van der Waals surface area contributed by atoms with Gasteiger partial charge in [0.15, 0.2) is 0 Å². The van der Waals surface area contributed by atoms with E-state index < -0.39 is 0 Å². The van der Waals surface area contributed by atoms with Crippen LogP contribution in [0.5, 0.6) is 0 Å². The molecule has 166 valence electrons. The minimum atomic E-state index is -0.345. The Morgan fingerprint density at radius 2 is 1.72 bits per heavy atom. The van der Waals surface area contributed by atoms with Gasteiger partial charge in [0, 0.05) is 40.7 Å². The summed E-state index contributed by atoms with van der Waals surface area (Å²) in [4.78, 5) is 36.5. The van der Waals surface area contributed by atoms with E-state index in [1.54, 1.807) is 42.5 Å². The van der Waals surface area contributed by atoms with Gasteiger partial charge in [-0.05, 0) is 42.8 Å². The largest absolute Gasteiger partial charge is 0.352 e. The molecule has 0 radical (unpaired) electrons.